The number of hydrogen-bond donors (Lipinski definition) is 1. The minimum absolute atomic E-state index is 0.0618. The van der Waals surface area contributed by atoms with E-state index in [0.29, 0.717) is 18.8 Å². The predicted octanol–water partition coefficient (Wildman–Crippen LogP) is 2.94. The number of H-pyrrole nitrogens is 1. The summed E-state index contributed by atoms with van der Waals surface area (Å²) in [4.78, 5) is 21.9. The molecule has 160 valence electrons. The zero-order valence-electron chi connectivity index (χ0n) is 17.9. The van der Waals surface area contributed by atoms with Gasteiger partial charge in [0.15, 0.2) is 0 Å². The number of pyridine rings is 1. The molecular formula is C23H26N6O2. The van der Waals surface area contributed by atoms with Crippen molar-refractivity contribution in [2.45, 2.75) is 6.54 Å². The van der Waals surface area contributed by atoms with Crippen LogP contribution in [-0.2, 0) is 6.54 Å². The maximum Gasteiger partial charge on any atom is 0.272 e. The normalized spacial score (nSPS) is 11.2. The first-order valence-electron chi connectivity index (χ1n) is 10.1. The van der Waals surface area contributed by atoms with Crippen LogP contribution < -0.4 is 4.74 Å². The number of fused-ring (bicyclic) bond motifs is 1. The zero-order chi connectivity index (χ0) is 21.8. The van der Waals surface area contributed by atoms with Crippen molar-refractivity contribution in [2.75, 3.05) is 34.3 Å². The third kappa shape index (κ3) is 4.59. The van der Waals surface area contributed by atoms with E-state index in [0.717, 1.165) is 34.6 Å². The number of nitrogens with zero attached hydrogens (tertiary/aromatic N) is 5. The molecule has 0 saturated heterocycles. The van der Waals surface area contributed by atoms with Crippen molar-refractivity contribution in [3.63, 3.8) is 0 Å². The van der Waals surface area contributed by atoms with Crippen LogP contribution in [0.5, 0.6) is 5.75 Å². The molecule has 8 heteroatoms. The van der Waals surface area contributed by atoms with E-state index >= 15 is 0 Å². The van der Waals surface area contributed by atoms with Crippen molar-refractivity contribution in [3.8, 4) is 16.9 Å². The van der Waals surface area contributed by atoms with E-state index in [1.54, 1.807) is 19.5 Å². The Morgan fingerprint density at radius 3 is 2.74 bits per heavy atom. The third-order valence-corrected chi connectivity index (χ3v) is 5.18. The van der Waals surface area contributed by atoms with Gasteiger partial charge in [0.1, 0.15) is 17.1 Å². The summed E-state index contributed by atoms with van der Waals surface area (Å²) in [6.45, 7) is 1.85. The lowest BCUT2D eigenvalue weighted by atomic mass is 10.1. The average molecular weight is 419 g/mol. The number of aromatic nitrogens is 4. The van der Waals surface area contributed by atoms with Crippen molar-refractivity contribution < 1.29 is 9.53 Å². The molecule has 0 aliphatic heterocycles. The van der Waals surface area contributed by atoms with Crippen LogP contribution in [0.2, 0.25) is 0 Å². The summed E-state index contributed by atoms with van der Waals surface area (Å²) >= 11 is 0. The van der Waals surface area contributed by atoms with Gasteiger partial charge < -0.3 is 14.5 Å². The molecule has 0 saturated carbocycles. The fraction of sp³-hybridized carbons (Fsp3) is 0.261. The highest BCUT2D eigenvalue weighted by molar-refractivity contribution is 5.93. The second-order valence-electron chi connectivity index (χ2n) is 7.66. The molecular weight excluding hydrogens is 392 g/mol. The van der Waals surface area contributed by atoms with Crippen LogP contribution in [0, 0.1) is 0 Å². The van der Waals surface area contributed by atoms with Crippen LogP contribution >= 0.6 is 0 Å². The van der Waals surface area contributed by atoms with Gasteiger partial charge in [-0.1, -0.05) is 12.1 Å². The molecule has 3 aromatic heterocycles. The van der Waals surface area contributed by atoms with E-state index in [4.69, 9.17) is 4.74 Å². The number of hydrogen-bond acceptors (Lipinski definition) is 5. The quantitative estimate of drug-likeness (QED) is 0.476. The van der Waals surface area contributed by atoms with Gasteiger partial charge >= 0.3 is 0 Å². The van der Waals surface area contributed by atoms with Crippen LogP contribution in [0.3, 0.4) is 0 Å². The fourth-order valence-corrected chi connectivity index (χ4v) is 3.45. The van der Waals surface area contributed by atoms with E-state index in [1.165, 1.54) is 0 Å². The average Bonchev–Trinajstić information content (AvgIpc) is 3.45. The van der Waals surface area contributed by atoms with Crippen molar-refractivity contribution in [3.05, 3.63) is 72.4 Å². The highest BCUT2D eigenvalue weighted by Gasteiger charge is 2.20. The SMILES string of the molecule is COc1cccc(CN(CCN(C)C)C(=O)c2cnc3cc(-c4cn[nH]c4)ccn23)c1. The number of rotatable bonds is 8. The number of likely N-dealkylation sites (N-methyl/N-ethyl adjacent to an activating group) is 1. The molecule has 1 amide bonds. The summed E-state index contributed by atoms with van der Waals surface area (Å²) in [5, 5.41) is 6.81. The molecule has 0 radical (unpaired) electrons. The maximum atomic E-state index is 13.5. The standard InChI is InChI=1S/C23H26N6O2/c1-27(2)9-10-28(16-17-5-4-6-20(11-17)31-3)23(30)21-15-24-22-12-18(7-8-29(21)22)19-13-25-26-14-19/h4-8,11-15H,9-10,16H2,1-3H3,(H,25,26). The van der Waals surface area contributed by atoms with Crippen LogP contribution in [0.25, 0.3) is 16.8 Å². The van der Waals surface area contributed by atoms with E-state index in [2.05, 4.69) is 20.1 Å². The molecule has 0 aliphatic carbocycles. The van der Waals surface area contributed by atoms with Gasteiger partial charge in [0.05, 0.1) is 19.5 Å². The maximum absolute atomic E-state index is 13.5. The number of amides is 1. The molecule has 31 heavy (non-hydrogen) atoms. The first kappa shape index (κ1) is 20.6. The zero-order valence-corrected chi connectivity index (χ0v) is 17.9. The topological polar surface area (TPSA) is 78.8 Å². The first-order valence-corrected chi connectivity index (χ1v) is 10.1. The van der Waals surface area contributed by atoms with Gasteiger partial charge in [0, 0.05) is 37.6 Å². The Balaban J connectivity index is 1.63. The van der Waals surface area contributed by atoms with E-state index in [9.17, 15) is 4.79 Å². The molecule has 8 nitrogen and oxygen atoms in total. The minimum Gasteiger partial charge on any atom is -0.497 e. The van der Waals surface area contributed by atoms with Crippen molar-refractivity contribution in [1.29, 1.82) is 0 Å². The molecule has 0 spiro atoms. The minimum atomic E-state index is -0.0618. The Kier molecular flexibility index (Phi) is 5.99. The van der Waals surface area contributed by atoms with Crippen LogP contribution in [0.15, 0.2) is 61.2 Å². The Morgan fingerprint density at radius 2 is 2.00 bits per heavy atom. The summed E-state index contributed by atoms with van der Waals surface area (Å²) in [6.07, 6.45) is 7.12. The largest absolute Gasteiger partial charge is 0.497 e. The highest BCUT2D eigenvalue weighted by Crippen LogP contribution is 2.21. The molecule has 0 bridgehead atoms. The molecule has 1 aromatic carbocycles. The second kappa shape index (κ2) is 9.01. The molecule has 3 heterocycles. The fourth-order valence-electron chi connectivity index (χ4n) is 3.45. The summed E-state index contributed by atoms with van der Waals surface area (Å²) in [7, 11) is 5.64. The number of nitrogens with one attached hydrogen (secondary N) is 1. The smallest absolute Gasteiger partial charge is 0.272 e. The summed E-state index contributed by atoms with van der Waals surface area (Å²) in [5.74, 6) is 0.715. The third-order valence-electron chi connectivity index (χ3n) is 5.18. The van der Waals surface area contributed by atoms with Gasteiger partial charge in [-0.05, 0) is 49.5 Å². The van der Waals surface area contributed by atoms with E-state index < -0.39 is 0 Å². The van der Waals surface area contributed by atoms with Crippen LogP contribution in [0.1, 0.15) is 16.1 Å². The molecule has 1 N–H and O–H groups in total. The van der Waals surface area contributed by atoms with Crippen molar-refractivity contribution >= 4 is 11.6 Å². The first-order chi connectivity index (χ1) is 15.0. The van der Waals surface area contributed by atoms with Gasteiger partial charge in [-0.15, -0.1) is 0 Å². The Hall–Kier alpha value is -3.65. The lowest BCUT2D eigenvalue weighted by Crippen LogP contribution is -2.36. The van der Waals surface area contributed by atoms with Gasteiger partial charge in [0.25, 0.3) is 5.91 Å². The Labute approximate surface area is 181 Å². The summed E-state index contributed by atoms with van der Waals surface area (Å²) in [5.41, 5.74) is 4.24. The van der Waals surface area contributed by atoms with Crippen molar-refractivity contribution in [2.24, 2.45) is 0 Å². The number of methoxy groups -OCH3 is 1. The summed E-state index contributed by atoms with van der Waals surface area (Å²) < 4.78 is 7.17. The van der Waals surface area contributed by atoms with Gasteiger partial charge in [-0.2, -0.15) is 5.10 Å². The predicted molar refractivity (Wildman–Crippen MR) is 119 cm³/mol. The lowest BCUT2D eigenvalue weighted by molar-refractivity contribution is 0.0725. The van der Waals surface area contributed by atoms with Crippen molar-refractivity contribution in [1.82, 2.24) is 29.4 Å². The molecule has 0 atom stereocenters. The molecule has 4 rings (SSSR count). The molecule has 0 unspecified atom stereocenters. The monoisotopic (exact) mass is 418 g/mol. The Morgan fingerprint density at radius 1 is 1.13 bits per heavy atom. The molecule has 0 fully saturated rings. The molecule has 0 aliphatic rings. The number of benzene rings is 1. The number of aromatic amines is 1. The number of carbonyl (C=O) groups is 1. The van der Waals surface area contributed by atoms with E-state index in [1.807, 2.05) is 72.2 Å². The van der Waals surface area contributed by atoms with Crippen LogP contribution in [-0.4, -0.2) is 69.6 Å². The second-order valence-corrected chi connectivity index (χ2v) is 7.66. The number of carbonyl (C=O) groups excluding carboxylic acids is 1. The van der Waals surface area contributed by atoms with E-state index in [-0.39, 0.29) is 5.91 Å². The lowest BCUT2D eigenvalue weighted by Gasteiger charge is -2.24. The summed E-state index contributed by atoms with van der Waals surface area (Å²) in [6, 6.07) is 11.7. The Bertz CT molecular complexity index is 1170. The van der Waals surface area contributed by atoms with Gasteiger partial charge in [0.2, 0.25) is 0 Å². The van der Waals surface area contributed by atoms with Crippen LogP contribution in [0.4, 0.5) is 0 Å². The van der Waals surface area contributed by atoms with Gasteiger partial charge in [-0.25, -0.2) is 4.98 Å². The highest BCUT2D eigenvalue weighted by atomic mass is 16.5. The molecule has 4 aromatic rings. The number of ether oxygens (including phenoxy) is 1. The number of imidazole rings is 1. The van der Waals surface area contributed by atoms with Gasteiger partial charge in [-0.3, -0.25) is 14.3 Å².